The Hall–Kier alpha value is -2.04. The highest BCUT2D eigenvalue weighted by atomic mass is 16.6. The van der Waals surface area contributed by atoms with E-state index in [-0.39, 0.29) is 0 Å². The first-order valence-electron chi connectivity index (χ1n) is 15.2. The molecule has 0 saturated carbocycles. The minimum atomic E-state index is -0.916. The maximum Gasteiger partial charge on any atom is 0.181 e. The Bertz CT molecular complexity index is 876. The molecule has 0 fully saturated rings. The van der Waals surface area contributed by atoms with Gasteiger partial charge in [0.05, 0.1) is 13.2 Å². The topological polar surface area (TPSA) is 113 Å². The summed E-state index contributed by atoms with van der Waals surface area (Å²) in [5, 5.41) is 20.2. The van der Waals surface area contributed by atoms with E-state index in [1.165, 1.54) is 5.56 Å². The number of aliphatic hydroxyl groups excluding tert-OH is 2. The van der Waals surface area contributed by atoms with Crippen LogP contribution >= 0.6 is 0 Å². The predicted molar refractivity (Wildman–Crippen MR) is 163 cm³/mol. The van der Waals surface area contributed by atoms with Crippen LogP contribution in [0.15, 0.2) is 48.5 Å². The van der Waals surface area contributed by atoms with Crippen LogP contribution in [0.1, 0.15) is 100 Å². The molecule has 4 N–H and O–H groups in total. The average molecular weight is 576 g/mol. The van der Waals surface area contributed by atoms with E-state index in [1.807, 2.05) is 24.3 Å². The lowest BCUT2D eigenvalue weighted by Gasteiger charge is -2.13. The van der Waals surface area contributed by atoms with E-state index in [1.54, 1.807) is 24.3 Å². The van der Waals surface area contributed by atoms with Gasteiger partial charge >= 0.3 is 0 Å². The molecule has 41 heavy (non-hydrogen) atoms. The number of ether oxygens (including phenoxy) is 5. The zero-order valence-electron chi connectivity index (χ0n) is 25.2. The van der Waals surface area contributed by atoms with E-state index in [2.05, 4.69) is 13.8 Å². The molecule has 2 atom stereocenters. The number of nitrogens with two attached hydrogens (primary N) is 1. The molecule has 8 nitrogen and oxygen atoms in total. The molecule has 232 valence electrons. The number of rotatable bonds is 25. The molecule has 0 aliphatic carbocycles. The molecule has 0 radical (unpaired) electrons. The molecule has 2 unspecified atom stereocenters. The summed E-state index contributed by atoms with van der Waals surface area (Å²) in [4.78, 5) is 0. The molecule has 2 aromatic rings. The van der Waals surface area contributed by atoms with Crippen LogP contribution in [0.2, 0.25) is 0 Å². The van der Waals surface area contributed by atoms with Crippen molar-refractivity contribution >= 4 is 5.69 Å². The second-order valence-corrected chi connectivity index (χ2v) is 10.6. The van der Waals surface area contributed by atoms with E-state index >= 15 is 0 Å². The third-order valence-electron chi connectivity index (χ3n) is 6.68. The predicted octanol–water partition coefficient (Wildman–Crippen LogP) is 6.28. The van der Waals surface area contributed by atoms with Crippen molar-refractivity contribution in [2.24, 2.45) is 0 Å². The SMILES string of the molecule is CC(C)c1ccc(C(O)OCCCCOCCCCOCCCCOCCCCOC(O)c2ccc(N)cc2)cc1. The van der Waals surface area contributed by atoms with Gasteiger partial charge in [0.2, 0.25) is 0 Å². The Labute approximate surface area is 247 Å². The largest absolute Gasteiger partial charge is 0.399 e. The lowest BCUT2D eigenvalue weighted by atomic mass is 10.0. The van der Waals surface area contributed by atoms with E-state index in [4.69, 9.17) is 29.4 Å². The molecular weight excluding hydrogens is 522 g/mol. The molecule has 0 aromatic heterocycles. The number of hydrogen-bond donors (Lipinski definition) is 3. The average Bonchev–Trinajstić information content (AvgIpc) is 2.98. The molecular formula is C33H53NO7. The monoisotopic (exact) mass is 575 g/mol. The van der Waals surface area contributed by atoms with Gasteiger partial charge in [0.25, 0.3) is 0 Å². The van der Waals surface area contributed by atoms with E-state index in [9.17, 15) is 10.2 Å². The summed E-state index contributed by atoms with van der Waals surface area (Å²) in [6.07, 6.45) is 5.69. The number of hydrogen-bond acceptors (Lipinski definition) is 8. The van der Waals surface area contributed by atoms with Gasteiger partial charge in [0.15, 0.2) is 12.6 Å². The van der Waals surface area contributed by atoms with Crippen molar-refractivity contribution in [1.29, 1.82) is 0 Å². The highest BCUT2D eigenvalue weighted by Gasteiger charge is 2.09. The van der Waals surface area contributed by atoms with Crippen LogP contribution in [0.4, 0.5) is 5.69 Å². The minimum absolute atomic E-state index is 0.477. The summed E-state index contributed by atoms with van der Waals surface area (Å²) in [7, 11) is 0. The molecule has 8 heteroatoms. The normalized spacial score (nSPS) is 13.1. The van der Waals surface area contributed by atoms with Gasteiger partial charge in [-0.3, -0.25) is 0 Å². The fraction of sp³-hybridized carbons (Fsp3) is 0.636. The first-order chi connectivity index (χ1) is 20.0. The highest BCUT2D eigenvalue weighted by molar-refractivity contribution is 5.39. The van der Waals surface area contributed by atoms with Gasteiger partial charge in [-0.15, -0.1) is 0 Å². The second-order valence-electron chi connectivity index (χ2n) is 10.6. The van der Waals surface area contributed by atoms with Crippen molar-refractivity contribution in [2.45, 2.75) is 83.7 Å². The third kappa shape index (κ3) is 16.9. The van der Waals surface area contributed by atoms with Crippen molar-refractivity contribution in [3.63, 3.8) is 0 Å². The third-order valence-corrected chi connectivity index (χ3v) is 6.68. The van der Waals surface area contributed by atoms with Crippen LogP contribution in [0.3, 0.4) is 0 Å². The van der Waals surface area contributed by atoms with Crippen molar-refractivity contribution in [3.05, 3.63) is 65.2 Å². The quantitative estimate of drug-likeness (QED) is 0.0721. The van der Waals surface area contributed by atoms with Crippen LogP contribution in [0.25, 0.3) is 0 Å². The van der Waals surface area contributed by atoms with Gasteiger partial charge in [-0.25, -0.2) is 0 Å². The van der Waals surface area contributed by atoms with Gasteiger partial charge in [-0.05, 0) is 75.0 Å². The number of anilines is 1. The van der Waals surface area contributed by atoms with E-state index in [0.717, 1.165) is 83.4 Å². The molecule has 0 heterocycles. The maximum atomic E-state index is 10.2. The smallest absolute Gasteiger partial charge is 0.181 e. The first-order valence-corrected chi connectivity index (χ1v) is 15.2. The van der Waals surface area contributed by atoms with Gasteiger partial charge in [-0.1, -0.05) is 50.2 Å². The van der Waals surface area contributed by atoms with Gasteiger partial charge in [0.1, 0.15) is 0 Å². The van der Waals surface area contributed by atoms with Crippen LogP contribution in [0, 0.1) is 0 Å². The molecule has 2 rings (SSSR count). The summed E-state index contributed by atoms with van der Waals surface area (Å²) >= 11 is 0. The zero-order chi connectivity index (χ0) is 29.5. The molecule has 0 aliphatic rings. The summed E-state index contributed by atoms with van der Waals surface area (Å²) in [5.41, 5.74) is 9.07. The van der Waals surface area contributed by atoms with Crippen LogP contribution in [0.5, 0.6) is 0 Å². The Morgan fingerprint density at radius 3 is 1.12 bits per heavy atom. The molecule has 0 bridgehead atoms. The fourth-order valence-electron chi connectivity index (χ4n) is 4.02. The van der Waals surface area contributed by atoms with Crippen molar-refractivity contribution in [2.75, 3.05) is 58.6 Å². The van der Waals surface area contributed by atoms with Gasteiger partial charge < -0.3 is 39.6 Å². The van der Waals surface area contributed by atoms with Crippen LogP contribution in [-0.2, 0) is 23.7 Å². The summed E-state index contributed by atoms with van der Waals surface area (Å²) in [5.74, 6) is 0.477. The van der Waals surface area contributed by atoms with Crippen molar-refractivity contribution in [3.8, 4) is 0 Å². The molecule has 0 amide bonds. The van der Waals surface area contributed by atoms with Crippen molar-refractivity contribution in [1.82, 2.24) is 0 Å². The maximum absolute atomic E-state index is 10.2. The van der Waals surface area contributed by atoms with Crippen molar-refractivity contribution < 1.29 is 33.9 Å². The molecule has 2 aromatic carbocycles. The number of unbranched alkanes of at least 4 members (excludes halogenated alkanes) is 4. The number of benzene rings is 2. The number of nitrogen functional groups attached to an aromatic ring is 1. The first kappa shape index (κ1) is 35.2. The summed E-state index contributed by atoms with van der Waals surface area (Å²) in [6.45, 7) is 9.72. The lowest BCUT2D eigenvalue weighted by Crippen LogP contribution is -2.06. The van der Waals surface area contributed by atoms with E-state index < -0.39 is 12.6 Å². The lowest BCUT2D eigenvalue weighted by molar-refractivity contribution is -0.104. The fourth-order valence-corrected chi connectivity index (χ4v) is 4.02. The Morgan fingerprint density at radius 2 is 0.780 bits per heavy atom. The van der Waals surface area contributed by atoms with Gasteiger partial charge in [0, 0.05) is 56.5 Å². The number of aliphatic hydroxyl groups is 2. The van der Waals surface area contributed by atoms with E-state index in [0.29, 0.717) is 43.6 Å². The van der Waals surface area contributed by atoms with Crippen LogP contribution in [-0.4, -0.2) is 63.1 Å². The molecule has 0 aliphatic heterocycles. The Morgan fingerprint density at radius 1 is 0.488 bits per heavy atom. The Kier molecular flexibility index (Phi) is 19.3. The standard InChI is InChI=1S/C33H53NO7/c1-27(2)28-11-13-29(14-12-28)32(35)40-25-9-7-23-38-21-5-3-19-37-20-4-6-22-39-24-8-10-26-41-33(36)30-15-17-31(34)18-16-30/h11-18,27,32-33,35-36H,3-10,19-26,34H2,1-2H3. The molecule has 0 saturated heterocycles. The molecule has 0 spiro atoms. The van der Waals surface area contributed by atoms with Crippen LogP contribution < -0.4 is 5.73 Å². The highest BCUT2D eigenvalue weighted by Crippen LogP contribution is 2.20. The zero-order valence-corrected chi connectivity index (χ0v) is 25.2. The Balaban J connectivity index is 1.26. The summed E-state index contributed by atoms with van der Waals surface area (Å²) < 4.78 is 28.0. The van der Waals surface area contributed by atoms with Gasteiger partial charge in [-0.2, -0.15) is 0 Å². The minimum Gasteiger partial charge on any atom is -0.399 e. The summed E-state index contributed by atoms with van der Waals surface area (Å²) in [6, 6.07) is 15.0. The second kappa shape index (κ2) is 22.5.